The first kappa shape index (κ1) is 30.5. The molecular weight excluding hydrogens is 519 g/mol. The Morgan fingerprint density at radius 2 is 1.32 bits per heavy atom. The van der Waals surface area contributed by atoms with Crippen molar-refractivity contribution in [3.8, 4) is 0 Å². The molecule has 4 atom stereocenters. The third kappa shape index (κ3) is 8.76. The Labute approximate surface area is 237 Å². The van der Waals surface area contributed by atoms with Crippen LogP contribution in [0.25, 0.3) is 0 Å². The lowest BCUT2D eigenvalue weighted by molar-refractivity contribution is -0.0978. The number of carbonyl (C=O) groups excluding carboxylic acids is 2. The van der Waals surface area contributed by atoms with Gasteiger partial charge in [-0.3, -0.25) is 9.80 Å². The first-order valence-electron chi connectivity index (χ1n) is 14.1. The number of amides is 2. The van der Waals surface area contributed by atoms with Gasteiger partial charge in [0.15, 0.2) is 0 Å². The minimum Gasteiger partial charge on any atom is -0.444 e. The maximum Gasteiger partial charge on any atom is 0.411 e. The van der Waals surface area contributed by atoms with E-state index in [2.05, 4.69) is 10.2 Å². The number of piperazine rings is 2. The SMILES string of the molecule is CC(C)(C)OC(=O)N1CC2COCC(C1)N2C(=O)OC(C)(C)C.Fc1ccc(CN2CC3COCC(C2)N3)cc1. The highest BCUT2D eigenvalue weighted by molar-refractivity contribution is 5.72. The Kier molecular flexibility index (Phi) is 9.59. The number of hydrogen-bond donors (Lipinski definition) is 1. The molecule has 4 aliphatic heterocycles. The second kappa shape index (κ2) is 12.6. The van der Waals surface area contributed by atoms with E-state index in [4.69, 9.17) is 18.9 Å². The van der Waals surface area contributed by atoms with Gasteiger partial charge >= 0.3 is 12.2 Å². The van der Waals surface area contributed by atoms with E-state index >= 15 is 0 Å². The summed E-state index contributed by atoms with van der Waals surface area (Å²) in [4.78, 5) is 30.5. The van der Waals surface area contributed by atoms with Gasteiger partial charge in [-0.2, -0.15) is 0 Å². The van der Waals surface area contributed by atoms with Crippen molar-refractivity contribution in [1.29, 1.82) is 0 Å². The van der Waals surface area contributed by atoms with Crippen LogP contribution >= 0.6 is 0 Å². The number of carbonyl (C=O) groups is 2. The average molecular weight is 565 g/mol. The molecule has 0 saturated carbocycles. The summed E-state index contributed by atoms with van der Waals surface area (Å²) >= 11 is 0. The molecule has 40 heavy (non-hydrogen) atoms. The molecule has 5 rings (SSSR count). The molecule has 2 amide bonds. The van der Waals surface area contributed by atoms with Crippen LogP contribution in [0.2, 0.25) is 0 Å². The summed E-state index contributed by atoms with van der Waals surface area (Å²) in [6.45, 7) is 17.1. The van der Waals surface area contributed by atoms with E-state index in [1.807, 2.05) is 53.7 Å². The Balaban J connectivity index is 0.000000192. The van der Waals surface area contributed by atoms with Crippen LogP contribution in [0.15, 0.2) is 24.3 Å². The van der Waals surface area contributed by atoms with Gasteiger partial charge < -0.3 is 29.2 Å². The number of rotatable bonds is 2. The standard InChI is InChI=1S/C16H28N2O5.C13H17FN2O/c1-15(2,3)22-13(19)17-7-11-9-21-10-12(8-17)18(11)14(20)23-16(4,5)6;14-11-3-1-10(2-4-11)5-16-6-12-8-17-9-13(7-16)15-12/h11-12H,7-10H2,1-6H3;1-4,12-13,15H,5-9H2. The second-order valence-corrected chi connectivity index (χ2v) is 13.0. The van der Waals surface area contributed by atoms with Crippen molar-refractivity contribution in [2.45, 2.75) is 83.5 Å². The van der Waals surface area contributed by atoms with Crippen LogP contribution in [0, 0.1) is 5.82 Å². The van der Waals surface area contributed by atoms with Crippen LogP contribution in [-0.2, 0) is 25.5 Å². The quantitative estimate of drug-likeness (QED) is 0.586. The van der Waals surface area contributed by atoms with E-state index in [1.165, 1.54) is 17.7 Å². The molecule has 1 aromatic carbocycles. The lowest BCUT2D eigenvalue weighted by Crippen LogP contribution is -2.67. The van der Waals surface area contributed by atoms with Gasteiger partial charge in [0.2, 0.25) is 0 Å². The van der Waals surface area contributed by atoms with Gasteiger partial charge in [-0.25, -0.2) is 14.0 Å². The van der Waals surface area contributed by atoms with Crippen LogP contribution in [-0.4, -0.2) is 115 Å². The fourth-order valence-corrected chi connectivity index (χ4v) is 5.42. The van der Waals surface area contributed by atoms with E-state index in [9.17, 15) is 14.0 Å². The highest BCUT2D eigenvalue weighted by Crippen LogP contribution is 2.25. The van der Waals surface area contributed by atoms with Crippen molar-refractivity contribution in [1.82, 2.24) is 20.0 Å². The van der Waals surface area contributed by atoms with E-state index in [0.29, 0.717) is 38.4 Å². The van der Waals surface area contributed by atoms with Crippen LogP contribution in [0.3, 0.4) is 0 Å². The minimum absolute atomic E-state index is 0.167. The number of nitrogens with zero attached hydrogens (tertiary/aromatic N) is 3. The van der Waals surface area contributed by atoms with E-state index < -0.39 is 11.2 Å². The summed E-state index contributed by atoms with van der Waals surface area (Å²) in [7, 11) is 0. The molecule has 224 valence electrons. The highest BCUT2D eigenvalue weighted by atomic mass is 19.1. The number of halogens is 1. The predicted octanol–water partition coefficient (Wildman–Crippen LogP) is 3.24. The summed E-state index contributed by atoms with van der Waals surface area (Å²) in [5.41, 5.74) is 0.0896. The third-order valence-corrected chi connectivity index (χ3v) is 6.91. The lowest BCUT2D eigenvalue weighted by Gasteiger charge is -2.49. The second-order valence-electron chi connectivity index (χ2n) is 13.0. The van der Waals surface area contributed by atoms with Crippen molar-refractivity contribution >= 4 is 12.2 Å². The molecule has 0 aliphatic carbocycles. The maximum absolute atomic E-state index is 12.8. The lowest BCUT2D eigenvalue weighted by atomic mass is 10.1. The molecule has 4 fully saturated rings. The largest absolute Gasteiger partial charge is 0.444 e. The van der Waals surface area contributed by atoms with Gasteiger partial charge in [0.25, 0.3) is 0 Å². The molecule has 11 heteroatoms. The number of hydrogen-bond acceptors (Lipinski definition) is 8. The molecule has 4 aliphatic rings. The Morgan fingerprint density at radius 1 is 0.825 bits per heavy atom. The summed E-state index contributed by atoms with van der Waals surface area (Å²) in [5.74, 6) is -0.167. The molecule has 0 aromatic heterocycles. The summed E-state index contributed by atoms with van der Waals surface area (Å²) in [6, 6.07) is 7.27. The number of benzene rings is 1. The number of nitrogens with one attached hydrogen (secondary N) is 1. The highest BCUT2D eigenvalue weighted by Gasteiger charge is 2.44. The average Bonchev–Trinajstić information content (AvgIpc) is 2.83. The predicted molar refractivity (Wildman–Crippen MR) is 147 cm³/mol. The topological polar surface area (TPSA) is 92.8 Å². The molecule has 1 N–H and O–H groups in total. The van der Waals surface area contributed by atoms with E-state index in [1.54, 1.807) is 9.80 Å². The number of ether oxygens (including phenoxy) is 4. The van der Waals surface area contributed by atoms with Crippen LogP contribution < -0.4 is 5.32 Å². The molecule has 10 nitrogen and oxygen atoms in total. The van der Waals surface area contributed by atoms with Crippen molar-refractivity contribution < 1.29 is 32.9 Å². The first-order valence-corrected chi connectivity index (χ1v) is 14.1. The molecule has 4 bridgehead atoms. The smallest absolute Gasteiger partial charge is 0.411 e. The van der Waals surface area contributed by atoms with Crippen molar-refractivity contribution in [3.05, 3.63) is 35.6 Å². The maximum atomic E-state index is 12.8. The van der Waals surface area contributed by atoms with Crippen molar-refractivity contribution in [3.63, 3.8) is 0 Å². The van der Waals surface area contributed by atoms with Gasteiger partial charge in [-0.05, 0) is 59.2 Å². The third-order valence-electron chi connectivity index (χ3n) is 6.91. The molecule has 0 radical (unpaired) electrons. The van der Waals surface area contributed by atoms with Gasteiger partial charge in [-0.1, -0.05) is 12.1 Å². The summed E-state index contributed by atoms with van der Waals surface area (Å²) in [5, 5.41) is 3.55. The molecule has 0 spiro atoms. The van der Waals surface area contributed by atoms with Gasteiger partial charge in [0, 0.05) is 44.8 Å². The van der Waals surface area contributed by atoms with Crippen molar-refractivity contribution in [2.24, 2.45) is 0 Å². The first-order chi connectivity index (χ1) is 18.8. The Bertz CT molecular complexity index is 985. The molecule has 4 unspecified atom stereocenters. The normalized spacial score (nSPS) is 26.9. The molecule has 4 heterocycles. The zero-order valence-corrected chi connectivity index (χ0v) is 24.7. The van der Waals surface area contributed by atoms with Gasteiger partial charge in [0.05, 0.1) is 38.5 Å². The molecule has 1 aromatic rings. The number of morpholine rings is 2. The van der Waals surface area contributed by atoms with Crippen molar-refractivity contribution in [2.75, 3.05) is 52.6 Å². The fraction of sp³-hybridized carbons (Fsp3) is 0.724. The Morgan fingerprint density at radius 3 is 1.85 bits per heavy atom. The van der Waals surface area contributed by atoms with Crippen LogP contribution in [0.5, 0.6) is 0 Å². The zero-order chi connectivity index (χ0) is 29.1. The Hall–Kier alpha value is -2.47. The van der Waals surface area contributed by atoms with Gasteiger partial charge in [-0.15, -0.1) is 0 Å². The summed E-state index contributed by atoms with van der Waals surface area (Å²) in [6.07, 6.45) is -0.696. The van der Waals surface area contributed by atoms with Crippen LogP contribution in [0.1, 0.15) is 47.1 Å². The zero-order valence-electron chi connectivity index (χ0n) is 24.7. The van der Waals surface area contributed by atoms with Gasteiger partial charge in [0.1, 0.15) is 17.0 Å². The molecule has 4 saturated heterocycles. The van der Waals surface area contributed by atoms with Crippen LogP contribution in [0.4, 0.5) is 14.0 Å². The minimum atomic E-state index is -0.547. The fourth-order valence-electron chi connectivity index (χ4n) is 5.42. The molecular formula is C29H45FN4O6. The van der Waals surface area contributed by atoms with E-state index in [0.717, 1.165) is 32.8 Å². The monoisotopic (exact) mass is 564 g/mol. The number of fused-ring (bicyclic) bond motifs is 4. The van der Waals surface area contributed by atoms with E-state index in [-0.39, 0.29) is 30.1 Å². The summed E-state index contributed by atoms with van der Waals surface area (Å²) < 4.78 is 34.8.